The minimum atomic E-state index is -0.220. The van der Waals surface area contributed by atoms with Gasteiger partial charge in [0.05, 0.1) is 12.2 Å². The lowest BCUT2D eigenvalue weighted by Crippen LogP contribution is -2.39. The van der Waals surface area contributed by atoms with Gasteiger partial charge in [0.15, 0.2) is 0 Å². The molecule has 1 aliphatic rings. The molecule has 0 aromatic heterocycles. The van der Waals surface area contributed by atoms with Crippen LogP contribution in [0, 0.1) is 17.7 Å². The summed E-state index contributed by atoms with van der Waals surface area (Å²) in [6.45, 7) is 6.34. The molecule has 1 aliphatic heterocycles. The van der Waals surface area contributed by atoms with E-state index >= 15 is 0 Å². The Bertz CT molecular complexity index is 454. The van der Waals surface area contributed by atoms with E-state index in [0.29, 0.717) is 18.3 Å². The summed E-state index contributed by atoms with van der Waals surface area (Å²) in [7, 11) is 0. The van der Waals surface area contributed by atoms with Crippen molar-refractivity contribution < 1.29 is 9.13 Å². The summed E-state index contributed by atoms with van der Waals surface area (Å²) in [5.41, 5.74) is 7.27. The van der Waals surface area contributed by atoms with Gasteiger partial charge in [-0.3, -0.25) is 0 Å². The Morgan fingerprint density at radius 1 is 1.32 bits per heavy atom. The van der Waals surface area contributed by atoms with Crippen LogP contribution in [0.1, 0.15) is 26.3 Å². The molecule has 5 atom stereocenters. The lowest BCUT2D eigenvalue weighted by molar-refractivity contribution is 0.0490. The first-order valence-electron chi connectivity index (χ1n) is 6.75. The highest BCUT2D eigenvalue weighted by Crippen LogP contribution is 2.35. The van der Waals surface area contributed by atoms with E-state index in [2.05, 4.69) is 36.7 Å². The van der Waals surface area contributed by atoms with Gasteiger partial charge in [0.2, 0.25) is 0 Å². The molecule has 0 saturated carbocycles. The van der Waals surface area contributed by atoms with E-state index in [4.69, 9.17) is 10.5 Å². The molecule has 4 heteroatoms. The van der Waals surface area contributed by atoms with Crippen LogP contribution in [0.2, 0.25) is 0 Å². The topological polar surface area (TPSA) is 35.2 Å². The molecule has 0 spiro atoms. The average molecular weight is 330 g/mol. The lowest BCUT2D eigenvalue weighted by Gasteiger charge is -2.26. The van der Waals surface area contributed by atoms with Crippen molar-refractivity contribution in [2.45, 2.75) is 45.4 Å². The third kappa shape index (κ3) is 3.18. The smallest absolute Gasteiger partial charge is 0.123 e. The summed E-state index contributed by atoms with van der Waals surface area (Å²) >= 11 is 3.46. The molecule has 2 rings (SSSR count). The number of nitrogens with two attached hydrogens (primary N) is 1. The van der Waals surface area contributed by atoms with Crippen LogP contribution >= 0.6 is 15.9 Å². The summed E-state index contributed by atoms with van der Waals surface area (Å²) in [4.78, 5) is 0. The third-order valence-electron chi connectivity index (χ3n) is 4.28. The zero-order valence-corrected chi connectivity index (χ0v) is 13.2. The van der Waals surface area contributed by atoms with Crippen LogP contribution in [0.4, 0.5) is 4.39 Å². The summed E-state index contributed by atoms with van der Waals surface area (Å²) in [5.74, 6) is 0.519. The molecule has 106 valence electrons. The molecular weight excluding hydrogens is 309 g/mol. The van der Waals surface area contributed by atoms with Crippen molar-refractivity contribution in [3.63, 3.8) is 0 Å². The van der Waals surface area contributed by atoms with Gasteiger partial charge in [0.1, 0.15) is 5.82 Å². The number of rotatable bonds is 3. The molecule has 19 heavy (non-hydrogen) atoms. The number of hydrogen-bond acceptors (Lipinski definition) is 2. The molecule has 2 nitrogen and oxygen atoms in total. The van der Waals surface area contributed by atoms with Crippen LogP contribution in [0.25, 0.3) is 0 Å². The molecule has 1 heterocycles. The molecule has 0 bridgehead atoms. The quantitative estimate of drug-likeness (QED) is 0.920. The van der Waals surface area contributed by atoms with Gasteiger partial charge in [-0.1, -0.05) is 22.9 Å². The number of hydrogen-bond donors (Lipinski definition) is 1. The van der Waals surface area contributed by atoms with E-state index in [1.807, 2.05) is 0 Å². The Morgan fingerprint density at radius 2 is 2.00 bits per heavy atom. The number of halogens is 2. The second kappa shape index (κ2) is 5.90. The number of ether oxygens (including phenoxy) is 1. The average Bonchev–Trinajstić information content (AvgIpc) is 2.58. The van der Waals surface area contributed by atoms with Gasteiger partial charge in [-0.15, -0.1) is 0 Å². The monoisotopic (exact) mass is 329 g/mol. The van der Waals surface area contributed by atoms with Crippen molar-refractivity contribution in [2.75, 3.05) is 0 Å². The number of benzene rings is 1. The van der Waals surface area contributed by atoms with Crippen molar-refractivity contribution >= 4 is 15.9 Å². The molecule has 0 amide bonds. The van der Waals surface area contributed by atoms with Gasteiger partial charge in [-0.25, -0.2) is 4.39 Å². The standard InChI is InChI=1S/C15H21BrFNO/c1-8-9(2)19-10(3)15(8)14(18)7-11-6-12(17)4-5-13(11)16/h4-6,8-10,14-15H,7,18H2,1-3H3. The fourth-order valence-corrected chi connectivity index (χ4v) is 3.53. The Morgan fingerprint density at radius 3 is 2.58 bits per heavy atom. The third-order valence-corrected chi connectivity index (χ3v) is 5.05. The molecule has 2 N–H and O–H groups in total. The zero-order chi connectivity index (χ0) is 14.2. The van der Waals surface area contributed by atoms with E-state index in [1.54, 1.807) is 12.1 Å². The van der Waals surface area contributed by atoms with Gasteiger partial charge in [0, 0.05) is 16.4 Å². The Labute approximate surface area is 122 Å². The molecule has 1 aromatic carbocycles. The summed E-state index contributed by atoms with van der Waals surface area (Å²) in [6.07, 6.45) is 1.06. The fraction of sp³-hybridized carbons (Fsp3) is 0.600. The van der Waals surface area contributed by atoms with Gasteiger partial charge in [-0.05, 0) is 49.9 Å². The molecule has 1 fully saturated rings. The predicted octanol–water partition coefficient (Wildman–Crippen LogP) is 3.52. The maximum Gasteiger partial charge on any atom is 0.123 e. The van der Waals surface area contributed by atoms with Crippen LogP contribution in [0.15, 0.2) is 22.7 Å². The second-order valence-electron chi connectivity index (χ2n) is 5.59. The molecule has 0 aliphatic carbocycles. The van der Waals surface area contributed by atoms with E-state index in [0.717, 1.165) is 10.0 Å². The maximum atomic E-state index is 13.3. The predicted molar refractivity (Wildman–Crippen MR) is 78.4 cm³/mol. The minimum absolute atomic E-state index is 0.0203. The van der Waals surface area contributed by atoms with Gasteiger partial charge in [0.25, 0.3) is 0 Å². The van der Waals surface area contributed by atoms with Gasteiger partial charge >= 0.3 is 0 Å². The van der Waals surface area contributed by atoms with Crippen molar-refractivity contribution in [3.8, 4) is 0 Å². The molecule has 5 unspecified atom stereocenters. The van der Waals surface area contributed by atoms with Crippen LogP contribution in [0.5, 0.6) is 0 Å². The summed E-state index contributed by atoms with van der Waals surface area (Å²) < 4.78 is 20.1. The van der Waals surface area contributed by atoms with Crippen LogP contribution < -0.4 is 5.73 Å². The normalized spacial score (nSPS) is 32.5. The first-order chi connectivity index (χ1) is 8.90. The van der Waals surface area contributed by atoms with Crippen molar-refractivity contribution in [1.82, 2.24) is 0 Å². The van der Waals surface area contributed by atoms with Crippen molar-refractivity contribution in [1.29, 1.82) is 0 Å². The highest BCUT2D eigenvalue weighted by molar-refractivity contribution is 9.10. The van der Waals surface area contributed by atoms with Gasteiger partial charge < -0.3 is 10.5 Å². The van der Waals surface area contributed by atoms with Crippen LogP contribution in [0.3, 0.4) is 0 Å². The molecular formula is C15H21BrFNO. The van der Waals surface area contributed by atoms with E-state index in [1.165, 1.54) is 6.07 Å². The lowest BCUT2D eigenvalue weighted by atomic mass is 9.81. The second-order valence-corrected chi connectivity index (χ2v) is 6.44. The van der Waals surface area contributed by atoms with Crippen molar-refractivity contribution in [2.24, 2.45) is 17.6 Å². The highest BCUT2D eigenvalue weighted by atomic mass is 79.9. The van der Waals surface area contributed by atoms with E-state index < -0.39 is 0 Å². The van der Waals surface area contributed by atoms with Crippen LogP contribution in [-0.2, 0) is 11.2 Å². The van der Waals surface area contributed by atoms with E-state index in [9.17, 15) is 4.39 Å². The molecule has 1 aromatic rings. The van der Waals surface area contributed by atoms with Gasteiger partial charge in [-0.2, -0.15) is 0 Å². The Hall–Kier alpha value is -0.450. The largest absolute Gasteiger partial charge is 0.375 e. The zero-order valence-electron chi connectivity index (χ0n) is 11.6. The first kappa shape index (κ1) is 14.9. The fourth-order valence-electron chi connectivity index (χ4n) is 3.12. The molecule has 1 saturated heterocycles. The van der Waals surface area contributed by atoms with Crippen molar-refractivity contribution in [3.05, 3.63) is 34.1 Å². The Kier molecular flexibility index (Phi) is 4.64. The summed E-state index contributed by atoms with van der Waals surface area (Å²) in [5, 5.41) is 0. The van der Waals surface area contributed by atoms with E-state index in [-0.39, 0.29) is 24.1 Å². The minimum Gasteiger partial charge on any atom is -0.375 e. The highest BCUT2D eigenvalue weighted by Gasteiger charge is 2.40. The Balaban J connectivity index is 2.12. The maximum absolute atomic E-state index is 13.3. The van der Waals surface area contributed by atoms with Crippen LogP contribution in [-0.4, -0.2) is 18.2 Å². The molecule has 0 radical (unpaired) electrons. The summed E-state index contributed by atoms with van der Waals surface area (Å²) in [6, 6.07) is 4.72. The SMILES string of the molecule is CC1OC(C)C(C(N)Cc2cc(F)ccc2Br)C1C. The first-order valence-corrected chi connectivity index (χ1v) is 7.54.